The van der Waals surface area contributed by atoms with Gasteiger partial charge in [-0.05, 0) is 18.6 Å². The van der Waals surface area contributed by atoms with Gasteiger partial charge in [-0.2, -0.15) is 9.98 Å². The number of hydrogen-bond donors (Lipinski definition) is 3. The molecule has 0 aliphatic heterocycles. The van der Waals surface area contributed by atoms with Crippen LogP contribution in [0.3, 0.4) is 0 Å². The third-order valence-electron chi connectivity index (χ3n) is 2.20. The maximum absolute atomic E-state index is 11.9. The smallest absolute Gasteiger partial charge is 0.321 e. The van der Waals surface area contributed by atoms with Crippen molar-refractivity contribution in [2.75, 3.05) is 0 Å². The summed E-state index contributed by atoms with van der Waals surface area (Å²) in [4.78, 5) is 21.5. The second-order valence-corrected chi connectivity index (χ2v) is 6.70. The summed E-state index contributed by atoms with van der Waals surface area (Å²) in [6.45, 7) is 0. The van der Waals surface area contributed by atoms with E-state index in [1.54, 1.807) is 6.07 Å². The van der Waals surface area contributed by atoms with Crippen LogP contribution in [-0.2, 0) is 19.6 Å². The van der Waals surface area contributed by atoms with Gasteiger partial charge in [0.05, 0.1) is 0 Å². The Hall–Kier alpha value is -1.96. The second-order valence-electron chi connectivity index (χ2n) is 3.68. The SMILES string of the molecule is N#Cc1ccc(S(=O)(=O)N[C@@H](CCC(=O)O)C(=O)O)s1. The molecular formula is C10H10N2O6S2. The topological polar surface area (TPSA) is 145 Å². The number of aliphatic carboxylic acids is 2. The highest BCUT2D eigenvalue weighted by molar-refractivity contribution is 7.91. The summed E-state index contributed by atoms with van der Waals surface area (Å²) in [6, 6.07) is 2.71. The summed E-state index contributed by atoms with van der Waals surface area (Å²) in [6.07, 6.45) is -0.853. The van der Waals surface area contributed by atoms with Crippen molar-refractivity contribution in [2.45, 2.75) is 23.1 Å². The van der Waals surface area contributed by atoms with Crippen LogP contribution >= 0.6 is 11.3 Å². The molecule has 0 unspecified atom stereocenters. The van der Waals surface area contributed by atoms with Crippen LogP contribution < -0.4 is 4.72 Å². The molecule has 0 saturated carbocycles. The van der Waals surface area contributed by atoms with Gasteiger partial charge in [0, 0.05) is 6.42 Å². The van der Waals surface area contributed by atoms with E-state index in [1.807, 2.05) is 4.72 Å². The lowest BCUT2D eigenvalue weighted by atomic mass is 10.2. The number of hydrogen-bond acceptors (Lipinski definition) is 6. The fourth-order valence-corrected chi connectivity index (χ4v) is 3.61. The lowest BCUT2D eigenvalue weighted by Crippen LogP contribution is -2.40. The van der Waals surface area contributed by atoms with Crippen molar-refractivity contribution in [3.05, 3.63) is 17.0 Å². The highest BCUT2D eigenvalue weighted by Crippen LogP contribution is 2.21. The average molecular weight is 318 g/mol. The van der Waals surface area contributed by atoms with Gasteiger partial charge in [0.25, 0.3) is 10.0 Å². The molecule has 1 aromatic rings. The van der Waals surface area contributed by atoms with Crippen molar-refractivity contribution in [1.82, 2.24) is 4.72 Å². The monoisotopic (exact) mass is 318 g/mol. The van der Waals surface area contributed by atoms with Gasteiger partial charge in [0.1, 0.15) is 21.2 Å². The zero-order valence-corrected chi connectivity index (χ0v) is 11.6. The summed E-state index contributed by atoms with van der Waals surface area (Å²) in [5.41, 5.74) is 0. The van der Waals surface area contributed by atoms with Gasteiger partial charge < -0.3 is 10.2 Å². The van der Waals surface area contributed by atoms with Crippen LogP contribution in [0.1, 0.15) is 17.7 Å². The Bertz CT molecular complexity index is 658. The van der Waals surface area contributed by atoms with Crippen molar-refractivity contribution < 1.29 is 28.2 Å². The van der Waals surface area contributed by atoms with Gasteiger partial charge in [-0.25, -0.2) is 8.42 Å². The number of carboxylic acids is 2. The highest BCUT2D eigenvalue weighted by Gasteiger charge is 2.27. The van der Waals surface area contributed by atoms with Crippen LogP contribution in [0.2, 0.25) is 0 Å². The normalized spacial score (nSPS) is 12.6. The lowest BCUT2D eigenvalue weighted by molar-refractivity contribution is -0.140. The van der Waals surface area contributed by atoms with Crippen LogP contribution in [-0.4, -0.2) is 36.6 Å². The Morgan fingerprint density at radius 2 is 2.05 bits per heavy atom. The molecule has 1 heterocycles. The molecule has 0 bridgehead atoms. The molecule has 0 aliphatic rings. The molecule has 10 heteroatoms. The van der Waals surface area contributed by atoms with Gasteiger partial charge in [-0.15, -0.1) is 11.3 Å². The fraction of sp³-hybridized carbons (Fsp3) is 0.300. The Kier molecular flexibility index (Phi) is 5.20. The summed E-state index contributed by atoms with van der Waals surface area (Å²) in [5, 5.41) is 26.0. The molecule has 0 aliphatic carbocycles. The quantitative estimate of drug-likeness (QED) is 0.651. The molecule has 0 aromatic carbocycles. The van der Waals surface area contributed by atoms with Gasteiger partial charge in [-0.1, -0.05) is 0 Å². The summed E-state index contributed by atoms with van der Waals surface area (Å²) >= 11 is 0.697. The van der Waals surface area contributed by atoms with E-state index in [-0.39, 0.29) is 15.5 Å². The number of carbonyl (C=O) groups is 2. The lowest BCUT2D eigenvalue weighted by Gasteiger charge is -2.12. The highest BCUT2D eigenvalue weighted by atomic mass is 32.2. The minimum Gasteiger partial charge on any atom is -0.481 e. The first kappa shape index (κ1) is 16.1. The van der Waals surface area contributed by atoms with Gasteiger partial charge >= 0.3 is 11.9 Å². The number of nitriles is 1. The molecule has 108 valence electrons. The number of sulfonamides is 1. The van der Waals surface area contributed by atoms with E-state index in [1.165, 1.54) is 12.1 Å². The van der Waals surface area contributed by atoms with E-state index in [0.29, 0.717) is 11.3 Å². The zero-order chi connectivity index (χ0) is 15.3. The second kappa shape index (κ2) is 6.47. The third-order valence-corrected chi connectivity index (χ3v) is 5.15. The first-order valence-corrected chi connectivity index (χ1v) is 7.53. The first-order chi connectivity index (χ1) is 9.26. The number of nitrogens with zero attached hydrogens (tertiary/aromatic N) is 1. The summed E-state index contributed by atoms with van der Waals surface area (Å²) in [5.74, 6) is -2.69. The molecule has 3 N–H and O–H groups in total. The molecule has 0 amide bonds. The van der Waals surface area contributed by atoms with Gasteiger partial charge in [0.15, 0.2) is 0 Å². The first-order valence-electron chi connectivity index (χ1n) is 5.23. The summed E-state index contributed by atoms with van der Waals surface area (Å²) in [7, 11) is -4.10. The zero-order valence-electron chi connectivity index (χ0n) is 9.94. The molecule has 0 saturated heterocycles. The third kappa shape index (κ3) is 4.30. The van der Waals surface area contributed by atoms with Crippen molar-refractivity contribution in [3.63, 3.8) is 0 Å². The van der Waals surface area contributed by atoms with Crippen molar-refractivity contribution >= 4 is 33.3 Å². The maximum Gasteiger partial charge on any atom is 0.321 e. The average Bonchev–Trinajstić information content (AvgIpc) is 2.83. The van der Waals surface area contributed by atoms with Crippen molar-refractivity contribution in [3.8, 4) is 6.07 Å². The summed E-state index contributed by atoms with van der Waals surface area (Å²) < 4.78 is 25.5. The van der Waals surface area contributed by atoms with Gasteiger partial charge in [0.2, 0.25) is 0 Å². The Balaban J connectivity index is 2.89. The molecule has 8 nitrogen and oxygen atoms in total. The Morgan fingerprint density at radius 3 is 2.50 bits per heavy atom. The molecular weight excluding hydrogens is 308 g/mol. The fourth-order valence-electron chi connectivity index (χ4n) is 1.27. The van der Waals surface area contributed by atoms with Crippen LogP contribution in [0, 0.1) is 11.3 Å². The largest absolute Gasteiger partial charge is 0.481 e. The number of thiophene rings is 1. The Morgan fingerprint density at radius 1 is 1.40 bits per heavy atom. The van der Waals surface area contributed by atoms with E-state index >= 15 is 0 Å². The van der Waals surface area contributed by atoms with E-state index in [4.69, 9.17) is 15.5 Å². The van der Waals surface area contributed by atoms with Crippen LogP contribution in [0.25, 0.3) is 0 Å². The van der Waals surface area contributed by atoms with Crippen molar-refractivity contribution in [1.29, 1.82) is 5.26 Å². The van der Waals surface area contributed by atoms with E-state index < -0.39 is 34.4 Å². The maximum atomic E-state index is 11.9. The van der Waals surface area contributed by atoms with E-state index in [2.05, 4.69) is 0 Å². The standard InChI is InChI=1S/C10H10N2O6S2/c11-5-6-1-4-9(19-6)20(17,18)12-7(10(15)16)2-3-8(13)14/h1,4,7,12H,2-3H2,(H,13,14)(H,15,16)/t7-/m0/s1. The molecule has 1 rings (SSSR count). The van der Waals surface area contributed by atoms with Gasteiger partial charge in [-0.3, -0.25) is 9.59 Å². The van der Waals surface area contributed by atoms with Crippen molar-refractivity contribution in [2.24, 2.45) is 0 Å². The molecule has 1 atom stereocenters. The van der Waals surface area contributed by atoms with Crippen LogP contribution in [0.15, 0.2) is 16.3 Å². The molecule has 0 fully saturated rings. The minimum atomic E-state index is -4.10. The van der Waals surface area contributed by atoms with E-state index in [9.17, 15) is 18.0 Å². The molecule has 0 spiro atoms. The number of carboxylic acid groups (broad SMARTS) is 2. The Labute approximate surface area is 118 Å². The van der Waals surface area contributed by atoms with Crippen LogP contribution in [0.5, 0.6) is 0 Å². The number of nitrogens with one attached hydrogen (secondary N) is 1. The van der Waals surface area contributed by atoms with E-state index in [0.717, 1.165) is 0 Å². The minimum absolute atomic E-state index is 0.169. The predicted molar refractivity (Wildman–Crippen MR) is 67.6 cm³/mol. The predicted octanol–water partition coefficient (Wildman–Crippen LogP) is 0.216. The molecule has 1 aromatic heterocycles. The molecule has 20 heavy (non-hydrogen) atoms. The number of rotatable bonds is 7. The molecule has 0 radical (unpaired) electrons. The van der Waals surface area contributed by atoms with Crippen LogP contribution in [0.4, 0.5) is 0 Å².